The van der Waals surface area contributed by atoms with E-state index < -0.39 is 0 Å². The molecule has 1 aliphatic heterocycles. The summed E-state index contributed by atoms with van der Waals surface area (Å²) < 4.78 is 5.37. The number of rotatable bonds is 3. The van der Waals surface area contributed by atoms with Crippen LogP contribution in [0.25, 0.3) is 11.3 Å². The van der Waals surface area contributed by atoms with Gasteiger partial charge in [0.05, 0.1) is 30.1 Å². The molecule has 2 N–H and O–H groups in total. The average Bonchev–Trinajstić information content (AvgIpc) is 2.56. The van der Waals surface area contributed by atoms with E-state index in [1.54, 1.807) is 13.3 Å². The van der Waals surface area contributed by atoms with Gasteiger partial charge in [-0.05, 0) is 31.0 Å². The van der Waals surface area contributed by atoms with E-state index >= 15 is 0 Å². The Morgan fingerprint density at radius 1 is 1.21 bits per heavy atom. The summed E-state index contributed by atoms with van der Waals surface area (Å²) in [6.45, 7) is 5.48. The van der Waals surface area contributed by atoms with Crippen molar-refractivity contribution >= 4 is 17.4 Å². The largest absolute Gasteiger partial charge is 0.497 e. The summed E-state index contributed by atoms with van der Waals surface area (Å²) in [5.74, 6) is 1.64. The summed E-state index contributed by atoms with van der Waals surface area (Å²) in [5, 5.41) is 0.595. The topological polar surface area (TPSA) is 64.3 Å². The van der Waals surface area contributed by atoms with E-state index in [0.29, 0.717) is 11.6 Å². The standard InChI is InChI=1S/C18H21ClN4O/c1-11-6-12(2)18(22-8-11)13-7-17(21-9-14(13)19)23-5-4-15(20)16(10-23)24-3/h6-9H,4-5,10,20H2,1-3H3. The van der Waals surface area contributed by atoms with Crippen molar-refractivity contribution in [3.05, 3.63) is 52.1 Å². The van der Waals surface area contributed by atoms with Crippen molar-refractivity contribution in [2.75, 3.05) is 25.1 Å². The van der Waals surface area contributed by atoms with Crippen molar-refractivity contribution in [2.24, 2.45) is 5.73 Å². The minimum Gasteiger partial charge on any atom is -0.497 e. The minimum atomic E-state index is 0.595. The number of nitrogens with two attached hydrogens (primary N) is 1. The fourth-order valence-corrected chi connectivity index (χ4v) is 3.11. The monoisotopic (exact) mass is 344 g/mol. The highest BCUT2D eigenvalue weighted by atomic mass is 35.5. The van der Waals surface area contributed by atoms with Gasteiger partial charge in [0.25, 0.3) is 0 Å². The first-order chi connectivity index (χ1) is 11.5. The number of ether oxygens (including phenoxy) is 1. The molecule has 0 amide bonds. The van der Waals surface area contributed by atoms with E-state index in [9.17, 15) is 0 Å². The van der Waals surface area contributed by atoms with E-state index in [2.05, 4.69) is 20.9 Å². The first kappa shape index (κ1) is 16.6. The van der Waals surface area contributed by atoms with Crippen molar-refractivity contribution in [3.63, 3.8) is 0 Å². The van der Waals surface area contributed by atoms with Crippen LogP contribution in [0.5, 0.6) is 0 Å². The fourth-order valence-electron chi connectivity index (χ4n) is 2.92. The molecule has 0 unspecified atom stereocenters. The molecule has 6 heteroatoms. The number of hydrogen-bond donors (Lipinski definition) is 1. The summed E-state index contributed by atoms with van der Waals surface area (Å²) >= 11 is 6.39. The number of pyridine rings is 2. The number of anilines is 1. The van der Waals surface area contributed by atoms with E-state index in [1.165, 1.54) is 0 Å². The highest BCUT2D eigenvalue weighted by Crippen LogP contribution is 2.32. The quantitative estimate of drug-likeness (QED) is 0.924. The van der Waals surface area contributed by atoms with Crippen molar-refractivity contribution in [3.8, 4) is 11.3 Å². The molecule has 126 valence electrons. The Labute approximate surface area is 147 Å². The second-order valence-electron chi connectivity index (χ2n) is 6.02. The van der Waals surface area contributed by atoms with Gasteiger partial charge in [0, 0.05) is 30.9 Å². The van der Waals surface area contributed by atoms with Crippen LogP contribution < -0.4 is 10.6 Å². The molecule has 3 rings (SSSR count). The Balaban J connectivity index is 1.98. The van der Waals surface area contributed by atoms with Gasteiger partial charge < -0.3 is 15.4 Å². The van der Waals surface area contributed by atoms with Gasteiger partial charge in [-0.3, -0.25) is 4.98 Å². The zero-order chi connectivity index (χ0) is 17.3. The molecule has 2 aromatic rings. The van der Waals surface area contributed by atoms with Crippen LogP contribution >= 0.6 is 11.6 Å². The predicted octanol–water partition coefficient (Wildman–Crippen LogP) is 3.44. The Morgan fingerprint density at radius 2 is 2.00 bits per heavy atom. The summed E-state index contributed by atoms with van der Waals surface area (Å²) in [4.78, 5) is 11.2. The second-order valence-corrected chi connectivity index (χ2v) is 6.43. The molecule has 1 aliphatic rings. The molecule has 3 heterocycles. The third-order valence-electron chi connectivity index (χ3n) is 4.23. The molecular formula is C18H21ClN4O. The van der Waals surface area contributed by atoms with Gasteiger partial charge in [-0.1, -0.05) is 17.7 Å². The lowest BCUT2D eigenvalue weighted by Crippen LogP contribution is -2.34. The lowest BCUT2D eigenvalue weighted by atomic mass is 10.1. The van der Waals surface area contributed by atoms with Crippen LogP contribution in [0.4, 0.5) is 5.82 Å². The molecule has 0 aliphatic carbocycles. The van der Waals surface area contributed by atoms with Crippen LogP contribution in [0, 0.1) is 13.8 Å². The molecule has 0 saturated carbocycles. The lowest BCUT2D eigenvalue weighted by Gasteiger charge is -2.30. The normalized spacial score (nSPS) is 14.9. The highest BCUT2D eigenvalue weighted by Gasteiger charge is 2.20. The Hall–Kier alpha value is -2.27. The molecule has 0 bridgehead atoms. The Bertz CT molecular complexity index is 804. The van der Waals surface area contributed by atoms with Crippen molar-refractivity contribution in [1.29, 1.82) is 0 Å². The van der Waals surface area contributed by atoms with E-state index in [4.69, 9.17) is 22.1 Å². The van der Waals surface area contributed by atoms with Gasteiger partial charge in [0.1, 0.15) is 11.6 Å². The van der Waals surface area contributed by atoms with Crippen LogP contribution in [-0.2, 0) is 4.74 Å². The maximum absolute atomic E-state index is 6.39. The van der Waals surface area contributed by atoms with Gasteiger partial charge in [-0.2, -0.15) is 0 Å². The lowest BCUT2D eigenvalue weighted by molar-refractivity contribution is 0.272. The van der Waals surface area contributed by atoms with Gasteiger partial charge in [0.15, 0.2) is 0 Å². The van der Waals surface area contributed by atoms with Crippen LogP contribution in [0.2, 0.25) is 5.02 Å². The average molecular weight is 345 g/mol. The molecule has 0 fully saturated rings. The molecule has 2 aromatic heterocycles. The fraction of sp³-hybridized carbons (Fsp3) is 0.333. The molecule has 0 aromatic carbocycles. The molecule has 24 heavy (non-hydrogen) atoms. The number of aromatic nitrogens is 2. The molecule has 0 radical (unpaired) electrons. The number of hydrogen-bond acceptors (Lipinski definition) is 5. The van der Waals surface area contributed by atoms with Crippen molar-refractivity contribution in [2.45, 2.75) is 20.3 Å². The molecule has 0 spiro atoms. The summed E-state index contributed by atoms with van der Waals surface area (Å²) in [6, 6.07) is 4.09. The zero-order valence-corrected chi connectivity index (χ0v) is 14.9. The Morgan fingerprint density at radius 3 is 2.71 bits per heavy atom. The maximum Gasteiger partial charge on any atom is 0.134 e. The number of methoxy groups -OCH3 is 1. The maximum atomic E-state index is 6.39. The van der Waals surface area contributed by atoms with Crippen molar-refractivity contribution in [1.82, 2.24) is 9.97 Å². The first-order valence-electron chi connectivity index (χ1n) is 7.85. The number of aryl methyl sites for hydroxylation is 2. The molecule has 5 nitrogen and oxygen atoms in total. The van der Waals surface area contributed by atoms with E-state index in [1.807, 2.05) is 26.1 Å². The summed E-state index contributed by atoms with van der Waals surface area (Å²) in [5.41, 5.74) is 10.8. The first-order valence-corrected chi connectivity index (χ1v) is 8.23. The molecule has 0 saturated heterocycles. The zero-order valence-electron chi connectivity index (χ0n) is 14.1. The smallest absolute Gasteiger partial charge is 0.134 e. The number of nitrogens with zero attached hydrogens (tertiary/aromatic N) is 3. The summed E-state index contributed by atoms with van der Waals surface area (Å²) in [7, 11) is 1.64. The van der Waals surface area contributed by atoms with Crippen LogP contribution in [0.1, 0.15) is 17.5 Å². The van der Waals surface area contributed by atoms with Crippen LogP contribution in [0.3, 0.4) is 0 Å². The van der Waals surface area contributed by atoms with E-state index in [0.717, 1.165) is 52.6 Å². The predicted molar refractivity (Wildman–Crippen MR) is 97.0 cm³/mol. The molecule has 0 atom stereocenters. The summed E-state index contributed by atoms with van der Waals surface area (Å²) in [6.07, 6.45) is 4.29. The Kier molecular flexibility index (Phi) is 4.62. The molecular weight excluding hydrogens is 324 g/mol. The van der Waals surface area contributed by atoms with Gasteiger partial charge in [-0.25, -0.2) is 4.98 Å². The highest BCUT2D eigenvalue weighted by molar-refractivity contribution is 6.33. The van der Waals surface area contributed by atoms with Gasteiger partial charge in [-0.15, -0.1) is 0 Å². The second kappa shape index (κ2) is 6.69. The van der Waals surface area contributed by atoms with Gasteiger partial charge in [0.2, 0.25) is 0 Å². The SMILES string of the molecule is COC1=C(N)CCN(c2cc(-c3ncc(C)cc3C)c(Cl)cn2)C1. The number of halogens is 1. The van der Waals surface area contributed by atoms with Crippen molar-refractivity contribution < 1.29 is 4.74 Å². The van der Waals surface area contributed by atoms with E-state index in [-0.39, 0.29) is 0 Å². The third kappa shape index (κ3) is 3.17. The third-order valence-corrected chi connectivity index (χ3v) is 4.53. The van der Waals surface area contributed by atoms with Crippen LogP contribution in [-0.4, -0.2) is 30.2 Å². The van der Waals surface area contributed by atoms with Gasteiger partial charge >= 0.3 is 0 Å². The van der Waals surface area contributed by atoms with Crippen LogP contribution in [0.15, 0.2) is 36.0 Å². The minimum absolute atomic E-state index is 0.595.